The lowest BCUT2D eigenvalue weighted by molar-refractivity contribution is -0.132. The lowest BCUT2D eigenvalue weighted by Crippen LogP contribution is -2.54. The standard InChI is InChI=1S/C15H25N5O7S/c1-18-6-4-10(5-7-18)8-13(21)16-17-14(22)12-3-2-11-9-19(12)15(23)20(11)27-28(24,25)26/h10-12H,2-9H2,1H3,(H,16,21)(H,17,22)(H,24,25,26)/t11-,12+/m0/s1. The predicted octanol–water partition coefficient (Wildman–Crippen LogP) is -1.13. The number of hydrogen-bond acceptors (Lipinski definition) is 7. The Morgan fingerprint density at radius 3 is 2.50 bits per heavy atom. The molecule has 0 unspecified atom stereocenters. The third-order valence-electron chi connectivity index (χ3n) is 5.44. The molecule has 0 aromatic heterocycles. The van der Waals surface area contributed by atoms with Crippen LogP contribution in [0.5, 0.6) is 0 Å². The minimum absolute atomic E-state index is 0.0932. The number of urea groups is 1. The molecule has 0 aromatic carbocycles. The normalized spacial score (nSPS) is 26.4. The van der Waals surface area contributed by atoms with E-state index < -0.39 is 34.4 Å². The molecule has 0 saturated carbocycles. The summed E-state index contributed by atoms with van der Waals surface area (Å²) in [4.78, 5) is 40.1. The van der Waals surface area contributed by atoms with Crippen molar-refractivity contribution in [3.05, 3.63) is 0 Å². The Bertz CT molecular complexity index is 737. The van der Waals surface area contributed by atoms with Crippen molar-refractivity contribution in [2.45, 2.75) is 44.2 Å². The fourth-order valence-electron chi connectivity index (χ4n) is 3.90. The summed E-state index contributed by atoms with van der Waals surface area (Å²) in [5.74, 6) is -0.576. The van der Waals surface area contributed by atoms with Crippen LogP contribution < -0.4 is 10.9 Å². The number of amides is 4. The third kappa shape index (κ3) is 4.90. The number of likely N-dealkylation sites (tertiary alicyclic amines) is 1. The minimum atomic E-state index is -4.84. The number of fused-ring (bicyclic) bond motifs is 2. The Morgan fingerprint density at radius 1 is 1.18 bits per heavy atom. The SMILES string of the molecule is CN1CCC(CC(=O)NNC(=O)[C@H]2CC[C@H]3CN2C(=O)N3OS(=O)(=O)O)CC1. The molecule has 3 fully saturated rings. The van der Waals surface area contributed by atoms with Crippen LogP contribution in [0.2, 0.25) is 0 Å². The Kier molecular flexibility index (Phi) is 6.07. The molecule has 28 heavy (non-hydrogen) atoms. The average Bonchev–Trinajstić information content (AvgIpc) is 2.85. The van der Waals surface area contributed by atoms with Crippen LogP contribution in [0, 0.1) is 5.92 Å². The number of hydrazine groups is 1. The fraction of sp³-hybridized carbons (Fsp3) is 0.800. The molecule has 2 atom stereocenters. The second-order valence-corrected chi connectivity index (χ2v) is 8.50. The van der Waals surface area contributed by atoms with Gasteiger partial charge in [0.05, 0.1) is 6.04 Å². The summed E-state index contributed by atoms with van der Waals surface area (Å²) < 4.78 is 34.9. The summed E-state index contributed by atoms with van der Waals surface area (Å²) in [6.07, 6.45) is 2.76. The molecule has 2 bridgehead atoms. The molecule has 0 aromatic rings. The van der Waals surface area contributed by atoms with Gasteiger partial charge in [-0.15, -0.1) is 4.28 Å². The van der Waals surface area contributed by atoms with E-state index in [-0.39, 0.29) is 24.8 Å². The molecule has 158 valence electrons. The molecule has 3 N–H and O–H groups in total. The molecule has 4 amide bonds. The molecule has 3 aliphatic rings. The largest absolute Gasteiger partial charge is 0.418 e. The second kappa shape index (κ2) is 8.19. The van der Waals surface area contributed by atoms with E-state index >= 15 is 0 Å². The lowest BCUT2D eigenvalue weighted by atomic mass is 9.94. The zero-order valence-corrected chi connectivity index (χ0v) is 16.4. The molecule has 0 radical (unpaired) electrons. The van der Waals surface area contributed by atoms with E-state index in [1.807, 2.05) is 7.05 Å². The van der Waals surface area contributed by atoms with Gasteiger partial charge in [0.2, 0.25) is 5.91 Å². The number of hydrogen-bond donors (Lipinski definition) is 3. The zero-order chi connectivity index (χ0) is 20.5. The van der Waals surface area contributed by atoms with Crippen molar-refractivity contribution in [3.63, 3.8) is 0 Å². The molecular weight excluding hydrogens is 394 g/mol. The van der Waals surface area contributed by atoms with Crippen LogP contribution in [0.15, 0.2) is 0 Å². The van der Waals surface area contributed by atoms with Gasteiger partial charge >= 0.3 is 16.4 Å². The van der Waals surface area contributed by atoms with E-state index in [9.17, 15) is 22.8 Å². The molecule has 0 spiro atoms. The number of carbonyl (C=O) groups is 3. The predicted molar refractivity (Wildman–Crippen MR) is 94.5 cm³/mol. The Hall–Kier alpha value is -1.96. The van der Waals surface area contributed by atoms with Gasteiger partial charge in [0, 0.05) is 13.0 Å². The lowest BCUT2D eigenvalue weighted by Gasteiger charge is -2.30. The first-order chi connectivity index (χ1) is 13.1. The van der Waals surface area contributed by atoms with E-state index in [4.69, 9.17) is 4.55 Å². The van der Waals surface area contributed by atoms with Crippen LogP contribution in [0.4, 0.5) is 4.79 Å². The van der Waals surface area contributed by atoms with E-state index in [1.165, 1.54) is 0 Å². The number of carbonyl (C=O) groups excluding carboxylic acids is 3. The Morgan fingerprint density at radius 2 is 1.86 bits per heavy atom. The van der Waals surface area contributed by atoms with Gasteiger partial charge in [0.15, 0.2) is 0 Å². The molecular formula is C15H25N5O7S. The Labute approximate surface area is 163 Å². The topological polar surface area (TPSA) is 149 Å². The van der Waals surface area contributed by atoms with E-state index in [0.29, 0.717) is 17.9 Å². The first kappa shape index (κ1) is 20.8. The van der Waals surface area contributed by atoms with E-state index in [0.717, 1.165) is 30.8 Å². The fourth-order valence-corrected chi connectivity index (χ4v) is 4.29. The van der Waals surface area contributed by atoms with Gasteiger partial charge in [-0.3, -0.25) is 25.0 Å². The van der Waals surface area contributed by atoms with Crippen LogP contribution in [0.25, 0.3) is 0 Å². The molecule has 0 aliphatic carbocycles. The van der Waals surface area contributed by atoms with Gasteiger partial charge in [-0.2, -0.15) is 13.5 Å². The Balaban J connectivity index is 1.49. The van der Waals surface area contributed by atoms with Gasteiger partial charge in [0.25, 0.3) is 5.91 Å². The van der Waals surface area contributed by atoms with Crippen molar-refractivity contribution >= 4 is 28.2 Å². The van der Waals surface area contributed by atoms with Crippen molar-refractivity contribution in [3.8, 4) is 0 Å². The number of hydroxylamine groups is 2. The zero-order valence-electron chi connectivity index (χ0n) is 15.5. The quantitative estimate of drug-likeness (QED) is 0.374. The summed E-state index contributed by atoms with van der Waals surface area (Å²) in [7, 11) is -2.80. The third-order valence-corrected chi connectivity index (χ3v) is 5.79. The molecule has 13 heteroatoms. The van der Waals surface area contributed by atoms with Crippen molar-refractivity contribution in [1.29, 1.82) is 0 Å². The maximum atomic E-state index is 12.4. The highest BCUT2D eigenvalue weighted by molar-refractivity contribution is 7.80. The van der Waals surface area contributed by atoms with E-state index in [2.05, 4.69) is 20.0 Å². The summed E-state index contributed by atoms with van der Waals surface area (Å²) in [5, 5.41) is 0.571. The molecule has 3 rings (SSSR count). The van der Waals surface area contributed by atoms with Gasteiger partial charge in [-0.05, 0) is 51.7 Å². The van der Waals surface area contributed by atoms with Crippen LogP contribution in [-0.2, 0) is 24.3 Å². The van der Waals surface area contributed by atoms with Crippen LogP contribution >= 0.6 is 0 Å². The number of piperidine rings is 2. The molecule has 3 saturated heterocycles. The highest BCUT2D eigenvalue weighted by atomic mass is 32.3. The van der Waals surface area contributed by atoms with E-state index in [1.54, 1.807) is 0 Å². The highest BCUT2D eigenvalue weighted by Crippen LogP contribution is 2.30. The maximum absolute atomic E-state index is 12.4. The van der Waals surface area contributed by atoms with Crippen LogP contribution in [0.3, 0.4) is 0 Å². The van der Waals surface area contributed by atoms with Crippen molar-refractivity contribution in [2.24, 2.45) is 5.92 Å². The minimum Gasteiger partial charge on any atom is -0.309 e. The van der Waals surface area contributed by atoms with Crippen molar-refractivity contribution in [2.75, 3.05) is 26.7 Å². The average molecular weight is 419 g/mol. The van der Waals surface area contributed by atoms with Crippen LogP contribution in [0.1, 0.15) is 32.1 Å². The maximum Gasteiger partial charge on any atom is 0.418 e. The second-order valence-electron chi connectivity index (χ2n) is 7.50. The molecule has 3 aliphatic heterocycles. The van der Waals surface area contributed by atoms with Gasteiger partial charge in [-0.25, -0.2) is 4.79 Å². The summed E-state index contributed by atoms with van der Waals surface area (Å²) >= 11 is 0. The summed E-state index contributed by atoms with van der Waals surface area (Å²) in [6, 6.07) is -2.25. The smallest absolute Gasteiger partial charge is 0.309 e. The monoisotopic (exact) mass is 419 g/mol. The molecule has 3 heterocycles. The van der Waals surface area contributed by atoms with Gasteiger partial charge in [-0.1, -0.05) is 0 Å². The summed E-state index contributed by atoms with van der Waals surface area (Å²) in [6.45, 7) is 1.97. The first-order valence-corrected chi connectivity index (χ1v) is 10.5. The highest BCUT2D eigenvalue weighted by Gasteiger charge is 2.49. The summed E-state index contributed by atoms with van der Waals surface area (Å²) in [5.41, 5.74) is 4.74. The molecule has 12 nitrogen and oxygen atoms in total. The number of rotatable bonds is 5. The van der Waals surface area contributed by atoms with Crippen molar-refractivity contribution in [1.82, 2.24) is 25.7 Å². The van der Waals surface area contributed by atoms with Crippen LogP contribution in [-0.4, -0.2) is 84.4 Å². The van der Waals surface area contributed by atoms with Crippen molar-refractivity contribution < 1.29 is 31.6 Å². The first-order valence-electron chi connectivity index (χ1n) is 9.18. The van der Waals surface area contributed by atoms with Gasteiger partial charge in [0.1, 0.15) is 6.04 Å². The number of nitrogens with one attached hydrogen (secondary N) is 2. The van der Waals surface area contributed by atoms with Gasteiger partial charge < -0.3 is 9.80 Å². The number of nitrogens with zero attached hydrogens (tertiary/aromatic N) is 3.